The molecule has 3 N–H and O–H groups in total. The van der Waals surface area contributed by atoms with Gasteiger partial charge >= 0.3 is 13.3 Å². The van der Waals surface area contributed by atoms with E-state index in [0.29, 0.717) is 17.8 Å². The van der Waals surface area contributed by atoms with Gasteiger partial charge < -0.3 is 29.8 Å². The average molecular weight is 705 g/mol. The first kappa shape index (κ1) is 35.6. The number of benzene rings is 2. The van der Waals surface area contributed by atoms with E-state index in [-0.39, 0.29) is 47.6 Å². The van der Waals surface area contributed by atoms with Crippen molar-refractivity contribution in [2.75, 3.05) is 32.7 Å². The van der Waals surface area contributed by atoms with Crippen molar-refractivity contribution in [1.29, 1.82) is 0 Å². The van der Waals surface area contributed by atoms with Gasteiger partial charge in [0.25, 0.3) is 5.91 Å². The van der Waals surface area contributed by atoms with E-state index in [1.807, 2.05) is 30.3 Å². The number of piperazine rings is 1. The molecule has 0 aliphatic carbocycles. The summed E-state index contributed by atoms with van der Waals surface area (Å²) in [6, 6.07) is 12.3. The minimum Gasteiger partial charge on any atom is -0.340 e. The number of carbonyl (C=O) groups excluding carboxylic acids is 4. The minimum absolute atomic E-state index is 0.0229. The monoisotopic (exact) mass is 704 g/mol. The van der Waals surface area contributed by atoms with Crippen LogP contribution in [-0.4, -0.2) is 92.9 Å². The van der Waals surface area contributed by atoms with E-state index in [1.54, 1.807) is 30.6 Å². The average Bonchev–Trinajstić information content (AvgIpc) is 3.70. The highest BCUT2D eigenvalue weighted by Crippen LogP contribution is 2.59. The number of fused-ring (bicyclic) bond motifs is 1. The molecule has 48 heavy (non-hydrogen) atoms. The fraction of sp³-hybridized carbons (Fsp3) is 0.455. The molecule has 2 fully saturated rings. The molecule has 2 aliphatic rings. The van der Waals surface area contributed by atoms with Crippen molar-refractivity contribution in [3.8, 4) is 0 Å². The highest BCUT2D eigenvalue weighted by molar-refractivity contribution is 7.52. The lowest BCUT2D eigenvalue weighted by atomic mass is 9.85. The van der Waals surface area contributed by atoms with Crippen LogP contribution in [0, 0.1) is 5.41 Å². The van der Waals surface area contributed by atoms with Gasteiger partial charge in [0.15, 0.2) is 0 Å². The van der Waals surface area contributed by atoms with Crippen molar-refractivity contribution in [3.05, 3.63) is 70.6 Å². The molecule has 2 saturated heterocycles. The number of nitrogens with zero attached hydrogens (tertiary/aromatic N) is 3. The Morgan fingerprint density at radius 3 is 2.27 bits per heavy atom. The lowest BCUT2D eigenvalue weighted by Gasteiger charge is -2.44. The standard InChI is InChI=1S/C33H39F2N4O7PS/c1-20(40)37-14-15-39(25(19-37)30(42)38-13-12-22(18-38)21-8-6-5-7-9-21)31(43)28(32(2,3)4)36-29(41)27-17-23-16-24(10-11-26(23)48-27)33(34,35)47(44,45)46/h5-11,16-17,22,25,28H,12-15,18-19H2,1-4H3,(H,36,41)(H2,44,45,46)/t22-,25+,28-/m1/s1. The number of rotatable bonds is 7. The van der Waals surface area contributed by atoms with Gasteiger partial charge in [-0.05, 0) is 41.0 Å². The molecule has 3 atom stereocenters. The fourth-order valence-corrected chi connectivity index (χ4v) is 7.66. The predicted octanol–water partition coefficient (Wildman–Crippen LogP) is 4.35. The van der Waals surface area contributed by atoms with Gasteiger partial charge in [-0.3, -0.25) is 23.7 Å². The molecule has 3 aromatic rings. The molecule has 15 heteroatoms. The molecular formula is C33H39F2N4O7PS. The Morgan fingerprint density at radius 1 is 0.958 bits per heavy atom. The van der Waals surface area contributed by atoms with E-state index in [4.69, 9.17) is 9.79 Å². The normalized spacial score (nSPS) is 19.8. The summed E-state index contributed by atoms with van der Waals surface area (Å²) in [4.78, 5) is 77.4. The van der Waals surface area contributed by atoms with Crippen LogP contribution >= 0.6 is 18.9 Å². The van der Waals surface area contributed by atoms with Crippen molar-refractivity contribution in [3.63, 3.8) is 0 Å². The van der Waals surface area contributed by atoms with Gasteiger partial charge in [-0.2, -0.15) is 8.78 Å². The summed E-state index contributed by atoms with van der Waals surface area (Å²) in [6.45, 7) is 8.04. The Balaban J connectivity index is 1.38. The zero-order valence-corrected chi connectivity index (χ0v) is 28.8. The lowest BCUT2D eigenvalue weighted by Crippen LogP contribution is -2.65. The van der Waals surface area contributed by atoms with Gasteiger partial charge in [0.2, 0.25) is 17.7 Å². The van der Waals surface area contributed by atoms with Crippen molar-refractivity contribution >= 4 is 52.6 Å². The number of alkyl halides is 2. The number of likely N-dealkylation sites (tertiary alicyclic amines) is 1. The van der Waals surface area contributed by atoms with Gasteiger partial charge in [0.1, 0.15) is 12.1 Å². The van der Waals surface area contributed by atoms with Crippen LogP contribution in [0.5, 0.6) is 0 Å². The largest absolute Gasteiger partial charge is 0.399 e. The van der Waals surface area contributed by atoms with Crippen LogP contribution in [0.15, 0.2) is 54.6 Å². The SMILES string of the molecule is CC(=O)N1CCN(C(=O)[C@@H](NC(=O)c2cc3cc(C(F)(F)P(=O)(O)O)ccc3s2)C(C)(C)C)[C@H](C(=O)N2CC[C@@H](c3ccccc3)C2)C1. The molecular weight excluding hydrogens is 665 g/mol. The Labute approximate surface area is 281 Å². The number of hydrogen-bond donors (Lipinski definition) is 3. The maximum Gasteiger partial charge on any atom is 0.399 e. The van der Waals surface area contributed by atoms with Crippen molar-refractivity contribution in [2.45, 2.75) is 57.8 Å². The fourth-order valence-electron chi connectivity index (χ4n) is 6.24. The lowest BCUT2D eigenvalue weighted by molar-refractivity contribution is -0.154. The number of carbonyl (C=O) groups is 4. The Morgan fingerprint density at radius 2 is 1.65 bits per heavy atom. The topological polar surface area (TPSA) is 148 Å². The van der Waals surface area contributed by atoms with Gasteiger partial charge in [0, 0.05) is 49.3 Å². The first-order valence-corrected chi connectivity index (χ1v) is 18.0. The number of nitrogens with one attached hydrogen (secondary N) is 1. The van der Waals surface area contributed by atoms with Crippen molar-refractivity contribution < 1.29 is 42.3 Å². The molecule has 3 heterocycles. The van der Waals surface area contributed by atoms with Crippen LogP contribution in [0.3, 0.4) is 0 Å². The Hall–Kier alpha value is -3.71. The zero-order valence-electron chi connectivity index (χ0n) is 27.1. The van der Waals surface area contributed by atoms with E-state index >= 15 is 0 Å². The second-order valence-corrected chi connectivity index (χ2v) is 16.1. The molecule has 0 unspecified atom stereocenters. The highest BCUT2D eigenvalue weighted by atomic mass is 32.1. The van der Waals surface area contributed by atoms with Crippen molar-refractivity contribution in [2.24, 2.45) is 5.41 Å². The van der Waals surface area contributed by atoms with Crippen LogP contribution in [-0.2, 0) is 24.6 Å². The second-order valence-electron chi connectivity index (χ2n) is 13.4. The molecule has 11 nitrogen and oxygen atoms in total. The highest BCUT2D eigenvalue weighted by Gasteiger charge is 2.50. The van der Waals surface area contributed by atoms with E-state index in [1.165, 1.54) is 24.0 Å². The van der Waals surface area contributed by atoms with Crippen molar-refractivity contribution in [1.82, 2.24) is 20.0 Å². The number of halogens is 2. The molecule has 258 valence electrons. The van der Waals surface area contributed by atoms with E-state index in [9.17, 15) is 32.5 Å². The summed E-state index contributed by atoms with van der Waals surface area (Å²) in [5.74, 6) is -1.47. The van der Waals surface area contributed by atoms with Crippen LogP contribution < -0.4 is 5.32 Å². The quantitative estimate of drug-likeness (QED) is 0.310. The molecule has 0 saturated carbocycles. The Kier molecular flexibility index (Phi) is 9.86. The van der Waals surface area contributed by atoms with Crippen LogP contribution in [0.1, 0.15) is 60.8 Å². The third-order valence-electron chi connectivity index (χ3n) is 9.01. The summed E-state index contributed by atoms with van der Waals surface area (Å²) < 4.78 is 40.5. The summed E-state index contributed by atoms with van der Waals surface area (Å²) in [5.41, 5.74) is -4.99. The molecule has 0 radical (unpaired) electrons. The molecule has 0 bridgehead atoms. The maximum atomic E-state index is 14.3. The van der Waals surface area contributed by atoms with E-state index < -0.39 is 48.1 Å². The third-order valence-corrected chi connectivity index (χ3v) is 11.1. The summed E-state index contributed by atoms with van der Waals surface area (Å²) in [7, 11) is -5.79. The number of thiophene rings is 1. The molecule has 2 aromatic carbocycles. The van der Waals surface area contributed by atoms with Crippen LogP contribution in [0.2, 0.25) is 0 Å². The third kappa shape index (κ3) is 7.17. The molecule has 1 aromatic heterocycles. The first-order chi connectivity index (χ1) is 22.4. The van der Waals surface area contributed by atoms with E-state index in [0.717, 1.165) is 35.5 Å². The van der Waals surface area contributed by atoms with Gasteiger partial charge in [-0.15, -0.1) is 11.3 Å². The second kappa shape index (κ2) is 13.3. The van der Waals surface area contributed by atoms with E-state index in [2.05, 4.69) is 5.32 Å². The maximum absolute atomic E-state index is 14.3. The minimum atomic E-state index is -5.79. The zero-order chi connectivity index (χ0) is 35.2. The smallest absolute Gasteiger partial charge is 0.340 e. The molecule has 0 spiro atoms. The number of hydrogen-bond acceptors (Lipinski definition) is 6. The summed E-state index contributed by atoms with van der Waals surface area (Å²) in [6.07, 6.45) is 0.765. The molecule has 5 rings (SSSR count). The molecule has 4 amide bonds. The van der Waals surface area contributed by atoms with Crippen LogP contribution in [0.4, 0.5) is 8.78 Å². The van der Waals surface area contributed by atoms with Gasteiger partial charge in [0.05, 0.1) is 11.4 Å². The molecule has 2 aliphatic heterocycles. The summed E-state index contributed by atoms with van der Waals surface area (Å²) >= 11 is 0.975. The number of amides is 4. The Bertz CT molecular complexity index is 1770. The van der Waals surface area contributed by atoms with Crippen LogP contribution in [0.25, 0.3) is 10.1 Å². The first-order valence-electron chi connectivity index (χ1n) is 15.6. The predicted molar refractivity (Wildman–Crippen MR) is 177 cm³/mol. The van der Waals surface area contributed by atoms with Gasteiger partial charge in [-0.1, -0.05) is 57.2 Å². The van der Waals surface area contributed by atoms with Gasteiger partial charge in [-0.25, -0.2) is 0 Å². The summed E-state index contributed by atoms with van der Waals surface area (Å²) in [5, 5.41) is 2.97.